The molecule has 1 N–H and O–H groups in total. The Morgan fingerprint density at radius 3 is 2.64 bits per heavy atom. The van der Waals surface area contributed by atoms with Crippen LogP contribution in [0.1, 0.15) is 29.8 Å². The van der Waals surface area contributed by atoms with E-state index in [0.717, 1.165) is 59.5 Å². The predicted octanol–water partition coefficient (Wildman–Crippen LogP) is 6.18. The molecule has 1 amide bonds. The summed E-state index contributed by atoms with van der Waals surface area (Å²) >= 11 is 5.93. The van der Waals surface area contributed by atoms with Crippen molar-refractivity contribution in [1.82, 2.24) is 14.9 Å². The molecule has 0 saturated heterocycles. The fraction of sp³-hybridized carbons (Fsp3) is 0.267. The summed E-state index contributed by atoms with van der Waals surface area (Å²) in [5, 5.41) is 3.69. The molecule has 36 heavy (non-hydrogen) atoms. The molecule has 4 aromatic rings. The molecule has 0 spiro atoms. The summed E-state index contributed by atoms with van der Waals surface area (Å²) in [6.45, 7) is 5.89. The standard InChI is InChI=1S/C30H32ClN3O2/c1-2-9-24-10-3-6-13-28(24)36-21-8-7-20-34-27-12-5-4-11-26(27)33-29(34)18-19-32-30(35)22-23-14-16-25(31)17-15-23/h2-6,10-17H,1,7-9,18-22H2,(H,32,35). The molecule has 0 saturated carbocycles. The Labute approximate surface area is 217 Å². The molecule has 0 aliphatic heterocycles. The molecular formula is C30H32ClN3O2. The first-order valence-corrected chi connectivity index (χ1v) is 12.8. The van der Waals surface area contributed by atoms with Gasteiger partial charge in [0.25, 0.3) is 0 Å². The Hall–Kier alpha value is -3.57. The number of aryl methyl sites for hydroxylation is 1. The predicted molar refractivity (Wildman–Crippen MR) is 147 cm³/mol. The van der Waals surface area contributed by atoms with E-state index in [1.165, 1.54) is 0 Å². The number of fused-ring (bicyclic) bond motifs is 1. The lowest BCUT2D eigenvalue weighted by Gasteiger charge is -2.12. The number of unbranched alkanes of at least 4 members (excludes halogenated alkanes) is 1. The van der Waals surface area contributed by atoms with Crippen LogP contribution in [0.15, 0.2) is 85.5 Å². The third kappa shape index (κ3) is 6.98. The molecule has 0 unspecified atom stereocenters. The Balaban J connectivity index is 1.30. The second-order valence-electron chi connectivity index (χ2n) is 8.73. The number of nitrogens with zero attached hydrogens (tertiary/aromatic N) is 2. The van der Waals surface area contributed by atoms with Crippen LogP contribution in [0.25, 0.3) is 11.0 Å². The zero-order valence-electron chi connectivity index (χ0n) is 20.5. The van der Waals surface area contributed by atoms with E-state index in [2.05, 4.69) is 28.6 Å². The second-order valence-corrected chi connectivity index (χ2v) is 9.16. The zero-order valence-corrected chi connectivity index (χ0v) is 21.2. The lowest BCUT2D eigenvalue weighted by molar-refractivity contribution is -0.120. The molecule has 0 radical (unpaired) electrons. The average Bonchev–Trinajstić information content (AvgIpc) is 3.23. The summed E-state index contributed by atoms with van der Waals surface area (Å²) in [4.78, 5) is 17.2. The SMILES string of the molecule is C=CCc1ccccc1OCCCCn1c(CCNC(=O)Cc2ccc(Cl)cc2)nc2ccccc21. The van der Waals surface area contributed by atoms with Crippen molar-refractivity contribution in [3.63, 3.8) is 0 Å². The first kappa shape index (κ1) is 25.5. The number of para-hydroxylation sites is 3. The van der Waals surface area contributed by atoms with E-state index < -0.39 is 0 Å². The van der Waals surface area contributed by atoms with Gasteiger partial charge >= 0.3 is 0 Å². The van der Waals surface area contributed by atoms with Gasteiger partial charge in [-0.05, 0) is 60.7 Å². The van der Waals surface area contributed by atoms with E-state index in [0.29, 0.717) is 31.0 Å². The van der Waals surface area contributed by atoms with Gasteiger partial charge in [0.15, 0.2) is 0 Å². The van der Waals surface area contributed by atoms with Crippen LogP contribution in [-0.4, -0.2) is 28.6 Å². The van der Waals surface area contributed by atoms with Crippen molar-refractivity contribution in [2.45, 2.75) is 38.6 Å². The van der Waals surface area contributed by atoms with Crippen molar-refractivity contribution in [2.24, 2.45) is 0 Å². The van der Waals surface area contributed by atoms with Crippen LogP contribution in [-0.2, 0) is 30.6 Å². The molecule has 0 aliphatic carbocycles. The number of imidazole rings is 1. The summed E-state index contributed by atoms with van der Waals surface area (Å²) in [6, 6.07) is 23.7. The highest BCUT2D eigenvalue weighted by atomic mass is 35.5. The lowest BCUT2D eigenvalue weighted by Crippen LogP contribution is -2.28. The molecule has 186 valence electrons. The van der Waals surface area contributed by atoms with Crippen molar-refractivity contribution < 1.29 is 9.53 Å². The summed E-state index contributed by atoms with van der Waals surface area (Å²) < 4.78 is 8.32. The summed E-state index contributed by atoms with van der Waals surface area (Å²) in [5.74, 6) is 1.91. The minimum atomic E-state index is -0.00568. The van der Waals surface area contributed by atoms with Crippen LogP contribution in [0, 0.1) is 0 Å². The number of nitrogens with one attached hydrogen (secondary N) is 1. The Bertz CT molecular complexity index is 1300. The fourth-order valence-corrected chi connectivity index (χ4v) is 4.38. The Kier molecular flexibility index (Phi) is 9.17. The molecule has 3 aromatic carbocycles. The van der Waals surface area contributed by atoms with Gasteiger partial charge in [-0.2, -0.15) is 0 Å². The highest BCUT2D eigenvalue weighted by Crippen LogP contribution is 2.20. The van der Waals surface area contributed by atoms with E-state index in [-0.39, 0.29) is 5.91 Å². The molecular weight excluding hydrogens is 470 g/mol. The third-order valence-electron chi connectivity index (χ3n) is 6.05. The number of carbonyl (C=O) groups is 1. The van der Waals surface area contributed by atoms with Gasteiger partial charge in [0.2, 0.25) is 5.91 Å². The van der Waals surface area contributed by atoms with Gasteiger partial charge < -0.3 is 14.6 Å². The fourth-order valence-electron chi connectivity index (χ4n) is 4.25. The number of ether oxygens (including phenoxy) is 1. The maximum Gasteiger partial charge on any atom is 0.224 e. The number of hydrogen-bond acceptors (Lipinski definition) is 3. The number of rotatable bonds is 13. The number of halogens is 1. The van der Waals surface area contributed by atoms with E-state index in [1.807, 2.05) is 54.6 Å². The Morgan fingerprint density at radius 1 is 1.03 bits per heavy atom. The highest BCUT2D eigenvalue weighted by Gasteiger charge is 2.11. The molecule has 5 nitrogen and oxygen atoms in total. The van der Waals surface area contributed by atoms with E-state index in [9.17, 15) is 4.79 Å². The van der Waals surface area contributed by atoms with Gasteiger partial charge in [-0.25, -0.2) is 4.98 Å². The van der Waals surface area contributed by atoms with Gasteiger partial charge in [-0.3, -0.25) is 4.79 Å². The van der Waals surface area contributed by atoms with E-state index in [1.54, 1.807) is 12.1 Å². The monoisotopic (exact) mass is 501 g/mol. The smallest absolute Gasteiger partial charge is 0.224 e. The molecule has 0 atom stereocenters. The van der Waals surface area contributed by atoms with Crippen molar-refractivity contribution in [2.75, 3.05) is 13.2 Å². The number of allylic oxidation sites excluding steroid dienone is 1. The average molecular weight is 502 g/mol. The maximum atomic E-state index is 12.4. The van der Waals surface area contributed by atoms with Crippen LogP contribution >= 0.6 is 11.6 Å². The number of amides is 1. The van der Waals surface area contributed by atoms with Crippen LogP contribution < -0.4 is 10.1 Å². The number of aromatic nitrogens is 2. The minimum Gasteiger partial charge on any atom is -0.493 e. The topological polar surface area (TPSA) is 56.1 Å². The van der Waals surface area contributed by atoms with Gasteiger partial charge in [-0.1, -0.05) is 60.1 Å². The van der Waals surface area contributed by atoms with Crippen molar-refractivity contribution in [3.05, 3.63) is 107 Å². The number of benzene rings is 3. The molecule has 0 bridgehead atoms. The summed E-state index contributed by atoms with van der Waals surface area (Å²) in [5.41, 5.74) is 4.21. The molecule has 6 heteroatoms. The van der Waals surface area contributed by atoms with Gasteiger partial charge in [0.05, 0.1) is 24.1 Å². The summed E-state index contributed by atoms with van der Waals surface area (Å²) in [7, 11) is 0. The van der Waals surface area contributed by atoms with E-state index >= 15 is 0 Å². The second kappa shape index (κ2) is 12.9. The van der Waals surface area contributed by atoms with Crippen molar-refractivity contribution in [1.29, 1.82) is 0 Å². The molecule has 4 rings (SSSR count). The van der Waals surface area contributed by atoms with Crippen molar-refractivity contribution >= 4 is 28.5 Å². The van der Waals surface area contributed by atoms with Gasteiger partial charge in [0, 0.05) is 24.5 Å². The first-order valence-electron chi connectivity index (χ1n) is 12.4. The Morgan fingerprint density at radius 2 is 1.81 bits per heavy atom. The van der Waals surface area contributed by atoms with Gasteiger partial charge in [0.1, 0.15) is 11.6 Å². The maximum absolute atomic E-state index is 12.4. The first-order chi connectivity index (χ1) is 17.6. The van der Waals surface area contributed by atoms with E-state index in [4.69, 9.17) is 21.3 Å². The van der Waals surface area contributed by atoms with Crippen LogP contribution in [0.4, 0.5) is 0 Å². The summed E-state index contributed by atoms with van der Waals surface area (Å²) in [6.07, 6.45) is 5.62. The zero-order chi connectivity index (χ0) is 25.2. The lowest BCUT2D eigenvalue weighted by atomic mass is 10.1. The normalized spacial score (nSPS) is 10.9. The largest absolute Gasteiger partial charge is 0.493 e. The molecule has 0 fully saturated rings. The number of carbonyl (C=O) groups excluding carboxylic acids is 1. The highest BCUT2D eigenvalue weighted by molar-refractivity contribution is 6.30. The van der Waals surface area contributed by atoms with Gasteiger partial charge in [-0.15, -0.1) is 6.58 Å². The quantitative estimate of drug-likeness (QED) is 0.176. The third-order valence-corrected chi connectivity index (χ3v) is 6.30. The minimum absolute atomic E-state index is 0.00568. The molecule has 1 heterocycles. The molecule has 0 aliphatic rings. The molecule has 1 aromatic heterocycles. The number of hydrogen-bond donors (Lipinski definition) is 1. The van der Waals surface area contributed by atoms with Crippen LogP contribution in [0.5, 0.6) is 5.75 Å². The van der Waals surface area contributed by atoms with Crippen LogP contribution in [0.3, 0.4) is 0 Å². The van der Waals surface area contributed by atoms with Crippen LogP contribution in [0.2, 0.25) is 5.02 Å². The van der Waals surface area contributed by atoms with Crippen molar-refractivity contribution in [3.8, 4) is 5.75 Å².